The van der Waals surface area contributed by atoms with Crippen LogP contribution < -0.4 is 24.8 Å². The van der Waals surface area contributed by atoms with E-state index in [2.05, 4.69) is 10.6 Å². The molecule has 2 aliphatic rings. The number of anilines is 1. The molecular weight excluding hydrogens is 405 g/mol. The van der Waals surface area contributed by atoms with Crippen LogP contribution in [0.25, 0.3) is 0 Å². The number of alkyl halides is 3. The molecule has 158 valence electrons. The molecule has 1 unspecified atom stereocenters. The Hall–Kier alpha value is -3.43. The highest BCUT2D eigenvalue weighted by Crippen LogP contribution is 2.43. The lowest BCUT2D eigenvalue weighted by Crippen LogP contribution is -2.37. The second kappa shape index (κ2) is 7.77. The minimum absolute atomic E-state index is 0.0261. The van der Waals surface area contributed by atoms with Crippen LogP contribution in [0.4, 0.5) is 18.9 Å². The third-order valence-corrected chi connectivity index (χ3v) is 4.58. The summed E-state index contributed by atoms with van der Waals surface area (Å²) in [5.41, 5.74) is -0.608. The van der Waals surface area contributed by atoms with Gasteiger partial charge < -0.3 is 24.8 Å². The fraction of sp³-hybridized carbons (Fsp3) is 0.300. The maximum Gasteiger partial charge on any atom is 0.416 e. The van der Waals surface area contributed by atoms with Crippen LogP contribution in [0.5, 0.6) is 23.0 Å². The number of carbonyl (C=O) groups is 2. The van der Waals surface area contributed by atoms with E-state index in [4.69, 9.17) is 14.2 Å². The molecule has 2 aromatic rings. The van der Waals surface area contributed by atoms with E-state index in [0.29, 0.717) is 6.42 Å². The summed E-state index contributed by atoms with van der Waals surface area (Å²) in [6, 6.07) is 6.68. The van der Waals surface area contributed by atoms with E-state index in [-0.39, 0.29) is 54.2 Å². The monoisotopic (exact) mass is 422 g/mol. The molecule has 0 aliphatic carbocycles. The Labute approximate surface area is 169 Å². The van der Waals surface area contributed by atoms with Crippen LogP contribution in [-0.4, -0.2) is 31.1 Å². The van der Waals surface area contributed by atoms with E-state index in [1.54, 1.807) is 0 Å². The van der Waals surface area contributed by atoms with E-state index in [1.807, 2.05) is 0 Å². The molecule has 0 bridgehead atoms. The van der Waals surface area contributed by atoms with Crippen LogP contribution in [0.2, 0.25) is 0 Å². The predicted molar refractivity (Wildman–Crippen MR) is 98.7 cm³/mol. The molecule has 4 rings (SSSR count). The zero-order chi connectivity index (χ0) is 21.3. The molecule has 0 saturated carbocycles. The molecule has 2 N–H and O–H groups in total. The summed E-state index contributed by atoms with van der Waals surface area (Å²) in [4.78, 5) is 23.8. The Bertz CT molecular complexity index is 993. The van der Waals surface area contributed by atoms with Gasteiger partial charge in [-0.05, 0) is 24.6 Å². The minimum Gasteiger partial charge on any atom is -0.486 e. The number of hydrogen-bond acceptors (Lipinski definition) is 5. The van der Waals surface area contributed by atoms with Crippen molar-refractivity contribution in [3.8, 4) is 23.0 Å². The number of hydrogen-bond donors (Lipinski definition) is 2. The zero-order valence-corrected chi connectivity index (χ0v) is 15.5. The van der Waals surface area contributed by atoms with Crippen molar-refractivity contribution in [1.29, 1.82) is 0 Å². The van der Waals surface area contributed by atoms with Gasteiger partial charge in [-0.3, -0.25) is 9.59 Å². The number of carbonyl (C=O) groups excluding carboxylic acids is 2. The molecule has 1 fully saturated rings. The lowest BCUT2D eigenvalue weighted by atomic mass is 10.2. The van der Waals surface area contributed by atoms with Crippen LogP contribution >= 0.6 is 0 Å². The van der Waals surface area contributed by atoms with Gasteiger partial charge in [0.1, 0.15) is 30.8 Å². The van der Waals surface area contributed by atoms with E-state index in [0.717, 1.165) is 12.1 Å². The molecule has 2 aliphatic heterocycles. The summed E-state index contributed by atoms with van der Waals surface area (Å²) in [5, 5.41) is 5.24. The van der Waals surface area contributed by atoms with E-state index >= 15 is 0 Å². The van der Waals surface area contributed by atoms with Crippen molar-refractivity contribution in [2.75, 3.05) is 18.5 Å². The maximum absolute atomic E-state index is 12.9. The van der Waals surface area contributed by atoms with Crippen molar-refractivity contribution in [2.45, 2.75) is 25.1 Å². The van der Waals surface area contributed by atoms with Gasteiger partial charge in [-0.2, -0.15) is 13.2 Å². The molecule has 1 saturated heterocycles. The summed E-state index contributed by atoms with van der Waals surface area (Å²) in [6.45, 7) is 0.538. The van der Waals surface area contributed by atoms with Crippen molar-refractivity contribution < 1.29 is 37.0 Å². The lowest BCUT2D eigenvalue weighted by Gasteiger charge is -2.23. The van der Waals surface area contributed by atoms with Gasteiger partial charge in [0.25, 0.3) is 0 Å². The van der Waals surface area contributed by atoms with Gasteiger partial charge in [0.05, 0.1) is 11.3 Å². The van der Waals surface area contributed by atoms with Gasteiger partial charge in [0.15, 0.2) is 11.5 Å². The molecule has 0 radical (unpaired) electrons. The van der Waals surface area contributed by atoms with Crippen LogP contribution in [0, 0.1) is 0 Å². The number of fused-ring (bicyclic) bond motifs is 1. The summed E-state index contributed by atoms with van der Waals surface area (Å²) < 4.78 is 55.5. The second-order valence-electron chi connectivity index (χ2n) is 6.77. The van der Waals surface area contributed by atoms with Gasteiger partial charge in [-0.15, -0.1) is 0 Å². The fourth-order valence-corrected chi connectivity index (χ4v) is 3.18. The predicted octanol–water partition coefficient (Wildman–Crippen LogP) is 3.49. The van der Waals surface area contributed by atoms with Gasteiger partial charge in [0, 0.05) is 18.6 Å². The average molecular weight is 422 g/mol. The summed E-state index contributed by atoms with van der Waals surface area (Å²) in [6.07, 6.45) is -3.88. The highest BCUT2D eigenvalue weighted by Gasteiger charge is 2.31. The van der Waals surface area contributed by atoms with E-state index < -0.39 is 23.7 Å². The molecule has 0 spiro atoms. The first-order valence-electron chi connectivity index (χ1n) is 9.18. The normalized spacial score (nSPS) is 18.0. The van der Waals surface area contributed by atoms with Crippen molar-refractivity contribution in [3.05, 3.63) is 42.0 Å². The largest absolute Gasteiger partial charge is 0.486 e. The number of benzene rings is 2. The third kappa shape index (κ3) is 4.27. The van der Waals surface area contributed by atoms with Crippen LogP contribution in [0.3, 0.4) is 0 Å². The topological polar surface area (TPSA) is 85.9 Å². The molecule has 30 heavy (non-hydrogen) atoms. The first-order valence-corrected chi connectivity index (χ1v) is 9.18. The van der Waals surface area contributed by atoms with Crippen LogP contribution in [-0.2, 0) is 15.8 Å². The minimum atomic E-state index is -4.50. The molecule has 2 amide bonds. The molecule has 2 aromatic carbocycles. The maximum atomic E-state index is 12.9. The standard InChI is InChI=1S/C20H17F3N2O5/c21-20(22,23)11-2-1-3-12(8-11)30-13-9-15(18-16(10-13)28-6-7-29-18)25-19(27)14-4-5-17(26)24-14/h1-3,8-10,14H,4-7H2,(H,24,26)(H,25,27). The van der Waals surface area contributed by atoms with Crippen LogP contribution in [0.1, 0.15) is 18.4 Å². The lowest BCUT2D eigenvalue weighted by molar-refractivity contribution is -0.137. The highest BCUT2D eigenvalue weighted by atomic mass is 19.4. The van der Waals surface area contributed by atoms with Crippen molar-refractivity contribution in [2.24, 2.45) is 0 Å². The SMILES string of the molecule is O=C1CCC(C(=O)Nc2cc(Oc3cccc(C(F)(F)F)c3)cc3c2OCCO3)N1. The first-order chi connectivity index (χ1) is 14.3. The molecular formula is C20H17F3N2O5. The molecule has 7 nitrogen and oxygen atoms in total. The molecule has 10 heteroatoms. The van der Waals surface area contributed by atoms with Gasteiger partial charge in [0.2, 0.25) is 11.8 Å². The van der Waals surface area contributed by atoms with Crippen molar-refractivity contribution >= 4 is 17.5 Å². The number of rotatable bonds is 4. The Morgan fingerprint density at radius 2 is 1.93 bits per heavy atom. The Morgan fingerprint density at radius 3 is 2.67 bits per heavy atom. The Balaban J connectivity index is 1.61. The highest BCUT2D eigenvalue weighted by molar-refractivity contribution is 6.00. The Morgan fingerprint density at radius 1 is 1.13 bits per heavy atom. The van der Waals surface area contributed by atoms with Gasteiger partial charge in [-0.25, -0.2) is 0 Å². The quantitative estimate of drug-likeness (QED) is 0.788. The van der Waals surface area contributed by atoms with E-state index in [1.165, 1.54) is 24.3 Å². The molecule has 2 heterocycles. The number of ether oxygens (including phenoxy) is 3. The summed E-state index contributed by atoms with van der Waals surface area (Å²) in [5.74, 6) is 0.0600. The van der Waals surface area contributed by atoms with Crippen molar-refractivity contribution in [3.63, 3.8) is 0 Å². The number of amides is 2. The zero-order valence-electron chi connectivity index (χ0n) is 15.5. The summed E-state index contributed by atoms with van der Waals surface area (Å²) >= 11 is 0. The third-order valence-electron chi connectivity index (χ3n) is 4.58. The van der Waals surface area contributed by atoms with Gasteiger partial charge >= 0.3 is 6.18 Å². The second-order valence-corrected chi connectivity index (χ2v) is 6.77. The average Bonchev–Trinajstić information content (AvgIpc) is 3.14. The molecule has 0 aromatic heterocycles. The fourth-order valence-electron chi connectivity index (χ4n) is 3.18. The van der Waals surface area contributed by atoms with Crippen LogP contribution in [0.15, 0.2) is 36.4 Å². The van der Waals surface area contributed by atoms with Crippen molar-refractivity contribution in [1.82, 2.24) is 5.32 Å². The van der Waals surface area contributed by atoms with Gasteiger partial charge in [-0.1, -0.05) is 6.07 Å². The number of nitrogens with one attached hydrogen (secondary N) is 2. The summed E-state index contributed by atoms with van der Waals surface area (Å²) in [7, 11) is 0. The first kappa shape index (κ1) is 19.9. The smallest absolute Gasteiger partial charge is 0.416 e. The number of halogens is 3. The molecule has 1 atom stereocenters. The van der Waals surface area contributed by atoms with E-state index in [9.17, 15) is 22.8 Å². The Kier molecular flexibility index (Phi) is 5.15.